The predicted molar refractivity (Wildman–Crippen MR) is 160 cm³/mol. The molecule has 0 N–H and O–H groups in total. The Hall–Kier alpha value is -3.92. The highest BCUT2D eigenvalue weighted by atomic mass is 16.5. The van der Waals surface area contributed by atoms with Crippen LogP contribution in [-0.2, 0) is 70.8 Å². The standard InChI is InChI=1S/C36H40O4/c1-25(2)35(37)39-23-29-13-9-27(10-14-29)17-19-31-21-22-32(34-8-6-5-7-33(31)34)20-18-28-11-15-30(16-12-28)24-40-36(38)26(3)4/h9-16,21-22H,1,3,5-8,17-20,23-24H2,2,4H3. The van der Waals surface area contributed by atoms with Gasteiger partial charge in [-0.1, -0.05) is 73.8 Å². The lowest BCUT2D eigenvalue weighted by molar-refractivity contribution is -0.141. The molecule has 208 valence electrons. The number of carbonyl (C=O) groups is 2. The Morgan fingerprint density at radius 1 is 0.575 bits per heavy atom. The molecule has 1 aliphatic carbocycles. The fourth-order valence-corrected chi connectivity index (χ4v) is 5.19. The Morgan fingerprint density at radius 3 is 1.27 bits per heavy atom. The van der Waals surface area contributed by atoms with Crippen molar-refractivity contribution in [3.63, 3.8) is 0 Å². The van der Waals surface area contributed by atoms with Gasteiger partial charge in [-0.05, 0) is 110 Å². The molecular formula is C36H40O4. The van der Waals surface area contributed by atoms with Gasteiger partial charge in [0.25, 0.3) is 0 Å². The molecule has 0 saturated heterocycles. The van der Waals surface area contributed by atoms with Crippen LogP contribution in [-0.4, -0.2) is 11.9 Å². The zero-order valence-corrected chi connectivity index (χ0v) is 23.9. The molecule has 0 fully saturated rings. The summed E-state index contributed by atoms with van der Waals surface area (Å²) in [5.41, 5.74) is 11.5. The van der Waals surface area contributed by atoms with Crippen LogP contribution in [0.2, 0.25) is 0 Å². The summed E-state index contributed by atoms with van der Waals surface area (Å²) in [6, 6.07) is 21.4. The quantitative estimate of drug-likeness (QED) is 0.179. The lowest BCUT2D eigenvalue weighted by Crippen LogP contribution is -2.11. The Labute approximate surface area is 238 Å². The van der Waals surface area contributed by atoms with Crippen molar-refractivity contribution < 1.29 is 19.1 Å². The van der Waals surface area contributed by atoms with Crippen LogP contribution in [0.4, 0.5) is 0 Å². The van der Waals surface area contributed by atoms with Crippen LogP contribution in [0, 0.1) is 0 Å². The third-order valence-electron chi connectivity index (χ3n) is 7.58. The van der Waals surface area contributed by atoms with Crippen LogP contribution in [0.15, 0.2) is 85.0 Å². The number of carbonyl (C=O) groups excluding carboxylic acids is 2. The minimum atomic E-state index is -0.353. The zero-order valence-electron chi connectivity index (χ0n) is 23.9. The summed E-state index contributed by atoms with van der Waals surface area (Å²) in [7, 11) is 0. The summed E-state index contributed by atoms with van der Waals surface area (Å²) in [6.07, 6.45) is 8.91. The minimum Gasteiger partial charge on any atom is -0.457 e. The summed E-state index contributed by atoms with van der Waals surface area (Å²) in [6.45, 7) is 11.1. The number of hydrogen-bond acceptors (Lipinski definition) is 4. The van der Waals surface area contributed by atoms with Gasteiger partial charge in [-0.15, -0.1) is 0 Å². The number of esters is 2. The first kappa shape index (κ1) is 29.1. The normalized spacial score (nSPS) is 12.3. The number of hydrogen-bond donors (Lipinski definition) is 0. The molecule has 4 nitrogen and oxygen atoms in total. The van der Waals surface area contributed by atoms with E-state index >= 15 is 0 Å². The molecule has 3 aromatic carbocycles. The maximum Gasteiger partial charge on any atom is 0.333 e. The Kier molecular flexibility index (Phi) is 10.1. The van der Waals surface area contributed by atoms with Crippen molar-refractivity contribution in [3.8, 4) is 0 Å². The molecule has 0 bridgehead atoms. The molecule has 0 aliphatic heterocycles. The fraction of sp³-hybridized carbons (Fsp3) is 0.333. The highest BCUT2D eigenvalue weighted by Gasteiger charge is 2.17. The molecule has 0 radical (unpaired) electrons. The van der Waals surface area contributed by atoms with Gasteiger partial charge in [0.15, 0.2) is 0 Å². The molecule has 1 aliphatic rings. The molecule has 0 saturated carbocycles. The second-order valence-corrected chi connectivity index (χ2v) is 10.9. The molecule has 0 spiro atoms. The number of rotatable bonds is 12. The van der Waals surface area contributed by atoms with Gasteiger partial charge in [-0.3, -0.25) is 0 Å². The molecule has 0 amide bonds. The number of ether oxygens (including phenoxy) is 2. The second-order valence-electron chi connectivity index (χ2n) is 10.9. The minimum absolute atomic E-state index is 0.274. The average molecular weight is 537 g/mol. The highest BCUT2D eigenvalue weighted by molar-refractivity contribution is 5.87. The molecule has 4 heteroatoms. The molecular weight excluding hydrogens is 496 g/mol. The van der Waals surface area contributed by atoms with Gasteiger partial charge >= 0.3 is 11.9 Å². The third-order valence-corrected chi connectivity index (χ3v) is 7.58. The lowest BCUT2D eigenvalue weighted by atomic mass is 9.82. The van der Waals surface area contributed by atoms with E-state index in [1.165, 1.54) is 47.9 Å². The topological polar surface area (TPSA) is 52.6 Å². The van der Waals surface area contributed by atoms with Crippen molar-refractivity contribution in [2.24, 2.45) is 0 Å². The molecule has 0 heterocycles. The van der Waals surface area contributed by atoms with Crippen LogP contribution >= 0.6 is 0 Å². The van der Waals surface area contributed by atoms with Crippen LogP contribution in [0.3, 0.4) is 0 Å². The van der Waals surface area contributed by atoms with E-state index in [0.29, 0.717) is 11.1 Å². The van der Waals surface area contributed by atoms with Gasteiger partial charge in [0, 0.05) is 11.1 Å². The van der Waals surface area contributed by atoms with E-state index in [4.69, 9.17) is 9.47 Å². The number of benzene rings is 3. The fourth-order valence-electron chi connectivity index (χ4n) is 5.19. The Bertz CT molecular complexity index is 1260. The summed E-state index contributed by atoms with van der Waals surface area (Å²) in [4.78, 5) is 23.3. The molecule has 0 atom stereocenters. The third kappa shape index (κ3) is 8.05. The van der Waals surface area contributed by atoms with E-state index in [1.54, 1.807) is 25.0 Å². The summed E-state index contributed by atoms with van der Waals surface area (Å²) in [5.74, 6) is -0.706. The van der Waals surface area contributed by atoms with Gasteiger partial charge in [0.2, 0.25) is 0 Å². The van der Waals surface area contributed by atoms with Crippen molar-refractivity contribution in [1.82, 2.24) is 0 Å². The summed E-state index contributed by atoms with van der Waals surface area (Å²) < 4.78 is 10.5. The molecule has 40 heavy (non-hydrogen) atoms. The van der Waals surface area contributed by atoms with Crippen molar-refractivity contribution in [1.29, 1.82) is 0 Å². The smallest absolute Gasteiger partial charge is 0.333 e. The van der Waals surface area contributed by atoms with Crippen LogP contribution in [0.5, 0.6) is 0 Å². The number of aryl methyl sites for hydroxylation is 4. The lowest BCUT2D eigenvalue weighted by Gasteiger charge is -2.23. The van der Waals surface area contributed by atoms with Gasteiger partial charge in [-0.25, -0.2) is 9.59 Å². The molecule has 0 aromatic heterocycles. The summed E-state index contributed by atoms with van der Waals surface area (Å²) in [5, 5.41) is 0. The monoisotopic (exact) mass is 536 g/mol. The van der Waals surface area contributed by atoms with Gasteiger partial charge in [-0.2, -0.15) is 0 Å². The van der Waals surface area contributed by atoms with Crippen molar-refractivity contribution in [2.75, 3.05) is 0 Å². The average Bonchev–Trinajstić information content (AvgIpc) is 2.97. The maximum atomic E-state index is 11.6. The summed E-state index contributed by atoms with van der Waals surface area (Å²) >= 11 is 0. The van der Waals surface area contributed by atoms with Crippen molar-refractivity contribution in [2.45, 2.75) is 78.4 Å². The van der Waals surface area contributed by atoms with Gasteiger partial charge in [0.05, 0.1) is 0 Å². The van der Waals surface area contributed by atoms with E-state index in [0.717, 1.165) is 36.8 Å². The van der Waals surface area contributed by atoms with Crippen molar-refractivity contribution >= 4 is 11.9 Å². The van der Waals surface area contributed by atoms with Crippen LogP contribution in [0.25, 0.3) is 0 Å². The van der Waals surface area contributed by atoms with Crippen molar-refractivity contribution in [3.05, 3.63) is 129 Å². The highest BCUT2D eigenvalue weighted by Crippen LogP contribution is 2.30. The largest absolute Gasteiger partial charge is 0.457 e. The molecule has 4 rings (SSSR count). The van der Waals surface area contributed by atoms with Crippen LogP contribution < -0.4 is 0 Å². The van der Waals surface area contributed by atoms with E-state index < -0.39 is 0 Å². The molecule has 3 aromatic rings. The van der Waals surface area contributed by atoms with E-state index in [9.17, 15) is 9.59 Å². The first-order valence-corrected chi connectivity index (χ1v) is 14.2. The SMILES string of the molecule is C=C(C)C(=O)OCc1ccc(CCc2ccc(CCc3ccc(COC(=O)C(=C)C)cc3)c3c2CCCC3)cc1. The predicted octanol–water partition coefficient (Wildman–Crippen LogP) is 7.37. The first-order valence-electron chi connectivity index (χ1n) is 14.2. The van der Waals surface area contributed by atoms with Gasteiger partial charge < -0.3 is 9.47 Å². The van der Waals surface area contributed by atoms with E-state index in [1.807, 2.05) is 24.3 Å². The van der Waals surface area contributed by atoms with E-state index in [-0.39, 0.29) is 25.2 Å². The zero-order chi connectivity index (χ0) is 28.5. The van der Waals surface area contributed by atoms with Gasteiger partial charge in [0.1, 0.15) is 13.2 Å². The van der Waals surface area contributed by atoms with E-state index in [2.05, 4.69) is 49.6 Å². The van der Waals surface area contributed by atoms with Crippen LogP contribution in [0.1, 0.15) is 71.2 Å². The molecule has 0 unspecified atom stereocenters. The Balaban J connectivity index is 1.34. The second kappa shape index (κ2) is 13.9. The maximum absolute atomic E-state index is 11.6. The Morgan fingerprint density at radius 2 is 0.925 bits per heavy atom. The number of fused-ring (bicyclic) bond motifs is 1. The first-order chi connectivity index (χ1) is 19.3.